The van der Waals surface area contributed by atoms with Crippen LogP contribution in [0.4, 0.5) is 0 Å². The highest BCUT2D eigenvalue weighted by molar-refractivity contribution is 4.95. The zero-order valence-electron chi connectivity index (χ0n) is 10.3. The lowest BCUT2D eigenvalue weighted by molar-refractivity contribution is -0.0844. The van der Waals surface area contributed by atoms with E-state index in [4.69, 9.17) is 11.2 Å². The minimum Gasteiger partial charge on any atom is -0.375 e. The molecule has 2 aliphatic rings. The molecule has 1 heterocycles. The first kappa shape index (κ1) is 12.0. The third-order valence-corrected chi connectivity index (χ3v) is 3.95. The Kier molecular flexibility index (Phi) is 3.89. The molecule has 1 saturated heterocycles. The predicted octanol–water partition coefficient (Wildman–Crippen LogP) is 2.48. The Hall–Kier alpha value is -0.520. The van der Waals surface area contributed by atoms with Gasteiger partial charge in [-0.05, 0) is 32.6 Å². The molecule has 2 unspecified atom stereocenters. The van der Waals surface area contributed by atoms with Crippen LogP contribution in [-0.2, 0) is 4.74 Å². The quantitative estimate of drug-likeness (QED) is 0.739. The van der Waals surface area contributed by atoms with Crippen molar-refractivity contribution in [2.75, 3.05) is 6.61 Å². The largest absolute Gasteiger partial charge is 0.375 e. The van der Waals surface area contributed by atoms with E-state index < -0.39 is 0 Å². The molecule has 0 aromatic heterocycles. The minimum absolute atomic E-state index is 0.214. The fourth-order valence-corrected chi connectivity index (χ4v) is 3.18. The van der Waals surface area contributed by atoms with Crippen molar-refractivity contribution < 1.29 is 4.74 Å². The van der Waals surface area contributed by atoms with Crippen molar-refractivity contribution in [1.29, 1.82) is 0 Å². The van der Waals surface area contributed by atoms with Gasteiger partial charge in [0.1, 0.15) is 0 Å². The van der Waals surface area contributed by atoms with Crippen LogP contribution in [0.1, 0.15) is 51.9 Å². The average Bonchev–Trinajstić information content (AvgIpc) is 2.66. The molecule has 0 bridgehead atoms. The van der Waals surface area contributed by atoms with Gasteiger partial charge in [-0.15, -0.1) is 12.3 Å². The third kappa shape index (κ3) is 2.78. The highest BCUT2D eigenvalue weighted by Gasteiger charge is 2.39. The average molecular weight is 221 g/mol. The molecule has 0 radical (unpaired) electrons. The Morgan fingerprint density at radius 1 is 1.50 bits per heavy atom. The Bertz CT molecular complexity index is 262. The molecule has 2 atom stereocenters. The van der Waals surface area contributed by atoms with Gasteiger partial charge in [-0.2, -0.15) is 0 Å². The van der Waals surface area contributed by atoms with E-state index in [-0.39, 0.29) is 5.60 Å². The Balaban J connectivity index is 1.85. The zero-order chi connectivity index (χ0) is 11.4. The van der Waals surface area contributed by atoms with Crippen molar-refractivity contribution in [3.05, 3.63) is 0 Å². The summed E-state index contributed by atoms with van der Waals surface area (Å²) in [5, 5.41) is 3.65. The first-order valence-corrected chi connectivity index (χ1v) is 6.58. The summed E-state index contributed by atoms with van der Waals surface area (Å²) in [6.07, 6.45) is 13.7. The predicted molar refractivity (Wildman–Crippen MR) is 66.2 cm³/mol. The lowest BCUT2D eigenvalue weighted by Gasteiger charge is -2.39. The van der Waals surface area contributed by atoms with Gasteiger partial charge >= 0.3 is 0 Å². The maximum absolute atomic E-state index is 6.02. The summed E-state index contributed by atoms with van der Waals surface area (Å²) in [6.45, 7) is 3.09. The molecule has 16 heavy (non-hydrogen) atoms. The van der Waals surface area contributed by atoms with Crippen LogP contribution in [0.3, 0.4) is 0 Å². The summed E-state index contributed by atoms with van der Waals surface area (Å²) in [5.74, 6) is 2.72. The second-order valence-corrected chi connectivity index (χ2v) is 5.40. The molecule has 1 aliphatic carbocycles. The molecular formula is C14H23NO. The maximum atomic E-state index is 6.02. The van der Waals surface area contributed by atoms with Gasteiger partial charge in [-0.1, -0.05) is 12.8 Å². The smallest absolute Gasteiger partial charge is 0.0697 e. The highest BCUT2D eigenvalue weighted by atomic mass is 16.5. The normalized spacial score (nSPS) is 30.1. The SMILES string of the molecule is C#CCC(C)NC1CCOC2(CCCC2)C1. The molecular weight excluding hydrogens is 198 g/mol. The van der Waals surface area contributed by atoms with Crippen molar-refractivity contribution in [2.24, 2.45) is 0 Å². The summed E-state index contributed by atoms with van der Waals surface area (Å²) in [6, 6.07) is 1.04. The summed E-state index contributed by atoms with van der Waals surface area (Å²) >= 11 is 0. The Morgan fingerprint density at radius 3 is 2.94 bits per heavy atom. The molecule has 0 amide bonds. The topological polar surface area (TPSA) is 21.3 Å². The number of nitrogens with one attached hydrogen (secondary N) is 1. The molecule has 90 valence electrons. The molecule has 1 aliphatic heterocycles. The first-order chi connectivity index (χ1) is 7.74. The lowest BCUT2D eigenvalue weighted by atomic mass is 9.88. The van der Waals surface area contributed by atoms with E-state index in [0.29, 0.717) is 12.1 Å². The number of hydrogen-bond acceptors (Lipinski definition) is 2. The van der Waals surface area contributed by atoms with Crippen molar-refractivity contribution in [3.63, 3.8) is 0 Å². The van der Waals surface area contributed by atoms with Gasteiger partial charge in [0.15, 0.2) is 0 Å². The number of rotatable bonds is 3. The van der Waals surface area contributed by atoms with E-state index >= 15 is 0 Å². The van der Waals surface area contributed by atoms with E-state index in [9.17, 15) is 0 Å². The summed E-state index contributed by atoms with van der Waals surface area (Å²) < 4.78 is 6.02. The molecule has 2 fully saturated rings. The highest BCUT2D eigenvalue weighted by Crippen LogP contribution is 2.40. The molecule has 1 N–H and O–H groups in total. The van der Waals surface area contributed by atoms with Gasteiger partial charge in [-0.3, -0.25) is 0 Å². The minimum atomic E-state index is 0.214. The van der Waals surface area contributed by atoms with E-state index in [0.717, 1.165) is 19.4 Å². The monoisotopic (exact) mass is 221 g/mol. The van der Waals surface area contributed by atoms with Crippen LogP contribution in [-0.4, -0.2) is 24.3 Å². The van der Waals surface area contributed by atoms with Crippen LogP contribution >= 0.6 is 0 Å². The van der Waals surface area contributed by atoms with Gasteiger partial charge in [0, 0.05) is 25.1 Å². The number of terminal acetylenes is 1. The first-order valence-electron chi connectivity index (χ1n) is 6.58. The zero-order valence-corrected chi connectivity index (χ0v) is 10.3. The van der Waals surface area contributed by atoms with Crippen molar-refractivity contribution in [1.82, 2.24) is 5.32 Å². The van der Waals surface area contributed by atoms with Gasteiger partial charge in [0.05, 0.1) is 5.60 Å². The van der Waals surface area contributed by atoms with Crippen LogP contribution in [0.2, 0.25) is 0 Å². The lowest BCUT2D eigenvalue weighted by Crippen LogP contribution is -2.47. The van der Waals surface area contributed by atoms with Gasteiger partial charge in [0.2, 0.25) is 0 Å². The Morgan fingerprint density at radius 2 is 2.25 bits per heavy atom. The van der Waals surface area contributed by atoms with E-state index in [1.54, 1.807) is 0 Å². The molecule has 0 aromatic rings. The van der Waals surface area contributed by atoms with E-state index in [2.05, 4.69) is 18.2 Å². The standard InChI is InChI=1S/C14H23NO/c1-3-6-12(2)15-13-7-10-16-14(11-13)8-4-5-9-14/h1,12-13,15H,4-11H2,2H3. The molecule has 2 heteroatoms. The van der Waals surface area contributed by atoms with Gasteiger partial charge in [0.25, 0.3) is 0 Å². The summed E-state index contributed by atoms with van der Waals surface area (Å²) in [5.41, 5.74) is 0.214. The third-order valence-electron chi connectivity index (χ3n) is 3.95. The van der Waals surface area contributed by atoms with Crippen LogP contribution in [0.5, 0.6) is 0 Å². The number of hydrogen-bond donors (Lipinski definition) is 1. The second kappa shape index (κ2) is 5.21. The van der Waals surface area contributed by atoms with Crippen molar-refractivity contribution in [2.45, 2.75) is 69.6 Å². The Labute approximate surface area is 99.1 Å². The van der Waals surface area contributed by atoms with Crippen LogP contribution in [0.15, 0.2) is 0 Å². The van der Waals surface area contributed by atoms with Crippen LogP contribution < -0.4 is 5.32 Å². The molecule has 1 saturated carbocycles. The summed E-state index contributed by atoms with van der Waals surface area (Å²) in [4.78, 5) is 0. The van der Waals surface area contributed by atoms with Crippen LogP contribution in [0, 0.1) is 12.3 Å². The second-order valence-electron chi connectivity index (χ2n) is 5.40. The van der Waals surface area contributed by atoms with Crippen LogP contribution in [0.25, 0.3) is 0 Å². The van der Waals surface area contributed by atoms with Gasteiger partial charge in [-0.25, -0.2) is 0 Å². The number of ether oxygens (including phenoxy) is 1. The van der Waals surface area contributed by atoms with Crippen molar-refractivity contribution >= 4 is 0 Å². The van der Waals surface area contributed by atoms with Gasteiger partial charge < -0.3 is 10.1 Å². The molecule has 2 rings (SSSR count). The van der Waals surface area contributed by atoms with E-state index in [1.165, 1.54) is 32.1 Å². The van der Waals surface area contributed by atoms with E-state index in [1.807, 2.05) is 0 Å². The maximum Gasteiger partial charge on any atom is 0.0697 e. The fourth-order valence-electron chi connectivity index (χ4n) is 3.18. The van der Waals surface area contributed by atoms with Crippen molar-refractivity contribution in [3.8, 4) is 12.3 Å². The molecule has 0 aromatic carbocycles. The fraction of sp³-hybridized carbons (Fsp3) is 0.857. The molecule has 1 spiro atoms. The summed E-state index contributed by atoms with van der Waals surface area (Å²) in [7, 11) is 0. The molecule has 2 nitrogen and oxygen atoms in total.